The number of hydrogen-bond donors (Lipinski definition) is 2. The van der Waals surface area contributed by atoms with Gasteiger partial charge in [-0.1, -0.05) is 35.9 Å². The van der Waals surface area contributed by atoms with E-state index in [-0.39, 0.29) is 6.54 Å². The maximum atomic E-state index is 12.4. The molecule has 2 aromatic rings. The van der Waals surface area contributed by atoms with Crippen LogP contribution in [-0.4, -0.2) is 30.9 Å². The fourth-order valence-electron chi connectivity index (χ4n) is 2.03. The van der Waals surface area contributed by atoms with Crippen LogP contribution < -0.4 is 11.1 Å². The zero-order valence-corrected chi connectivity index (χ0v) is 14.5. The molecule has 0 aliphatic rings. The molecule has 1 aromatic heterocycles. The molecule has 2 amide bonds. The molecule has 0 fully saturated rings. The van der Waals surface area contributed by atoms with Crippen molar-refractivity contribution in [1.82, 2.24) is 5.32 Å². The first-order chi connectivity index (χ1) is 12.0. The average Bonchev–Trinajstić information content (AvgIpc) is 3.10. The Hall–Kier alpha value is -2.93. The molecule has 0 saturated carbocycles. The van der Waals surface area contributed by atoms with E-state index >= 15 is 0 Å². The van der Waals surface area contributed by atoms with Crippen LogP contribution in [0, 0.1) is 6.92 Å². The van der Waals surface area contributed by atoms with Crippen molar-refractivity contribution in [3.05, 3.63) is 57.8 Å². The monoisotopic (exact) mass is 358 g/mol. The number of esters is 1. The Morgan fingerprint density at radius 3 is 2.68 bits per heavy atom. The number of rotatable bonds is 7. The zero-order valence-electron chi connectivity index (χ0n) is 13.7. The average molecular weight is 358 g/mol. The molecular weight excluding hydrogens is 340 g/mol. The van der Waals surface area contributed by atoms with Crippen molar-refractivity contribution in [1.29, 1.82) is 0 Å². The second-order valence-electron chi connectivity index (χ2n) is 5.27. The van der Waals surface area contributed by atoms with E-state index in [1.54, 1.807) is 12.1 Å². The van der Waals surface area contributed by atoms with Crippen LogP contribution in [0.3, 0.4) is 0 Å². The standard InChI is InChI=1S/C18H18N2O4S/c1-12-4-2-5-13(8-12)9-14(15-6-3-7-25-15)18(23)24-11-17(22)20-10-16(19)21/h2-9H,10-11H2,1H3,(H2,19,21)(H,20,22)/b14-9+. The summed E-state index contributed by atoms with van der Waals surface area (Å²) >= 11 is 1.40. The number of carbonyl (C=O) groups excluding carboxylic acids is 3. The summed E-state index contributed by atoms with van der Waals surface area (Å²) in [7, 11) is 0. The van der Waals surface area contributed by atoms with Gasteiger partial charge in [-0.2, -0.15) is 0 Å². The summed E-state index contributed by atoms with van der Waals surface area (Å²) in [5, 5.41) is 4.11. The van der Waals surface area contributed by atoms with Gasteiger partial charge in [0.1, 0.15) is 0 Å². The molecule has 6 nitrogen and oxygen atoms in total. The molecular formula is C18H18N2O4S. The molecule has 0 saturated heterocycles. The highest BCUT2D eigenvalue weighted by Gasteiger charge is 2.16. The molecule has 0 aliphatic heterocycles. The van der Waals surface area contributed by atoms with Gasteiger partial charge in [0.25, 0.3) is 5.91 Å². The van der Waals surface area contributed by atoms with Gasteiger partial charge in [-0.25, -0.2) is 4.79 Å². The minimum atomic E-state index is -0.668. The lowest BCUT2D eigenvalue weighted by Crippen LogP contribution is -2.36. The van der Waals surface area contributed by atoms with Gasteiger partial charge in [0.05, 0.1) is 12.1 Å². The number of ether oxygens (including phenoxy) is 1. The molecule has 0 unspecified atom stereocenters. The fourth-order valence-corrected chi connectivity index (χ4v) is 2.76. The van der Waals surface area contributed by atoms with Gasteiger partial charge in [-0.15, -0.1) is 11.3 Å². The van der Waals surface area contributed by atoms with Crippen molar-refractivity contribution >= 4 is 40.8 Å². The van der Waals surface area contributed by atoms with E-state index in [4.69, 9.17) is 10.5 Å². The van der Waals surface area contributed by atoms with Gasteiger partial charge in [-0.3, -0.25) is 9.59 Å². The second kappa shape index (κ2) is 8.79. The summed E-state index contributed by atoms with van der Waals surface area (Å²) < 4.78 is 5.06. The maximum Gasteiger partial charge on any atom is 0.340 e. The highest BCUT2D eigenvalue weighted by atomic mass is 32.1. The number of amides is 2. The molecule has 130 valence electrons. The van der Waals surface area contributed by atoms with E-state index in [0.717, 1.165) is 16.0 Å². The number of aryl methyl sites for hydroxylation is 1. The molecule has 25 heavy (non-hydrogen) atoms. The quantitative estimate of drug-likeness (QED) is 0.582. The lowest BCUT2D eigenvalue weighted by molar-refractivity contribution is -0.143. The number of nitrogens with one attached hydrogen (secondary N) is 1. The Bertz CT molecular complexity index is 797. The Morgan fingerprint density at radius 1 is 1.24 bits per heavy atom. The van der Waals surface area contributed by atoms with Crippen LogP contribution in [-0.2, 0) is 19.1 Å². The van der Waals surface area contributed by atoms with Gasteiger partial charge >= 0.3 is 5.97 Å². The summed E-state index contributed by atoms with van der Waals surface area (Å²) in [6.45, 7) is 1.18. The molecule has 0 atom stereocenters. The van der Waals surface area contributed by atoms with Crippen LogP contribution in [0.15, 0.2) is 41.8 Å². The van der Waals surface area contributed by atoms with Crippen LogP contribution in [0.2, 0.25) is 0 Å². The third kappa shape index (κ3) is 5.89. The van der Waals surface area contributed by atoms with Crippen molar-refractivity contribution in [3.8, 4) is 0 Å². The number of primary amides is 1. The van der Waals surface area contributed by atoms with Crippen LogP contribution in [0.4, 0.5) is 0 Å². The van der Waals surface area contributed by atoms with E-state index in [0.29, 0.717) is 5.57 Å². The molecule has 0 spiro atoms. The first-order valence-corrected chi connectivity index (χ1v) is 8.38. The summed E-state index contributed by atoms with van der Waals surface area (Å²) in [6, 6.07) is 11.3. The predicted molar refractivity (Wildman–Crippen MR) is 96.5 cm³/mol. The number of nitrogens with two attached hydrogens (primary N) is 1. The molecule has 7 heteroatoms. The summed E-state index contributed by atoms with van der Waals surface area (Å²) in [5.74, 6) is -1.87. The Morgan fingerprint density at radius 2 is 2.04 bits per heavy atom. The highest BCUT2D eigenvalue weighted by Crippen LogP contribution is 2.24. The third-order valence-electron chi connectivity index (χ3n) is 3.15. The summed E-state index contributed by atoms with van der Waals surface area (Å²) in [4.78, 5) is 35.3. The van der Waals surface area contributed by atoms with Crippen LogP contribution in [0.1, 0.15) is 16.0 Å². The number of thiophene rings is 1. The smallest absolute Gasteiger partial charge is 0.340 e. The molecule has 0 aliphatic carbocycles. The van der Waals surface area contributed by atoms with E-state index < -0.39 is 24.4 Å². The van der Waals surface area contributed by atoms with Gasteiger partial charge in [0.2, 0.25) is 5.91 Å². The summed E-state index contributed by atoms with van der Waals surface area (Å²) in [6.07, 6.45) is 1.72. The normalized spacial score (nSPS) is 11.0. The summed E-state index contributed by atoms with van der Waals surface area (Å²) in [5.41, 5.74) is 7.23. The van der Waals surface area contributed by atoms with Gasteiger partial charge in [0, 0.05) is 4.88 Å². The van der Waals surface area contributed by atoms with Gasteiger partial charge in [0.15, 0.2) is 6.61 Å². The Balaban J connectivity index is 2.12. The number of benzene rings is 1. The molecule has 2 rings (SSSR count). The Labute approximate surface area is 149 Å². The van der Waals surface area contributed by atoms with E-state index in [2.05, 4.69) is 5.32 Å². The first kappa shape index (κ1) is 18.4. The molecule has 3 N–H and O–H groups in total. The van der Waals surface area contributed by atoms with Gasteiger partial charge in [-0.05, 0) is 30.0 Å². The van der Waals surface area contributed by atoms with Crippen molar-refractivity contribution in [2.24, 2.45) is 5.73 Å². The minimum absolute atomic E-state index is 0.298. The van der Waals surface area contributed by atoms with Crippen LogP contribution in [0.25, 0.3) is 11.6 Å². The molecule has 1 aromatic carbocycles. The van der Waals surface area contributed by atoms with Crippen LogP contribution >= 0.6 is 11.3 Å². The largest absolute Gasteiger partial charge is 0.452 e. The second-order valence-corrected chi connectivity index (χ2v) is 6.22. The van der Waals surface area contributed by atoms with Gasteiger partial charge < -0.3 is 15.8 Å². The molecule has 1 heterocycles. The van der Waals surface area contributed by atoms with Crippen molar-refractivity contribution in [2.45, 2.75) is 6.92 Å². The minimum Gasteiger partial charge on any atom is -0.452 e. The fraction of sp³-hybridized carbons (Fsp3) is 0.167. The van der Waals surface area contributed by atoms with Crippen molar-refractivity contribution < 1.29 is 19.1 Å². The van der Waals surface area contributed by atoms with E-state index in [1.165, 1.54) is 11.3 Å². The SMILES string of the molecule is Cc1cccc(/C=C(/C(=O)OCC(=O)NCC(N)=O)c2cccs2)c1. The van der Waals surface area contributed by atoms with Crippen LogP contribution in [0.5, 0.6) is 0 Å². The molecule has 0 radical (unpaired) electrons. The highest BCUT2D eigenvalue weighted by molar-refractivity contribution is 7.11. The van der Waals surface area contributed by atoms with Crippen molar-refractivity contribution in [3.63, 3.8) is 0 Å². The van der Waals surface area contributed by atoms with Crippen molar-refractivity contribution in [2.75, 3.05) is 13.2 Å². The third-order valence-corrected chi connectivity index (χ3v) is 4.06. The number of carbonyl (C=O) groups is 3. The lowest BCUT2D eigenvalue weighted by atomic mass is 10.1. The first-order valence-electron chi connectivity index (χ1n) is 7.50. The maximum absolute atomic E-state index is 12.4. The molecule has 0 bridgehead atoms. The predicted octanol–water partition coefficient (Wildman–Crippen LogP) is 1.74. The van der Waals surface area contributed by atoms with E-state index in [1.807, 2.05) is 42.6 Å². The Kier molecular flexibility index (Phi) is 6.47. The zero-order chi connectivity index (χ0) is 18.2. The lowest BCUT2D eigenvalue weighted by Gasteiger charge is -2.08. The van der Waals surface area contributed by atoms with E-state index in [9.17, 15) is 14.4 Å². The topological polar surface area (TPSA) is 98.5 Å². The number of hydrogen-bond acceptors (Lipinski definition) is 5.